The molecule has 0 fully saturated rings. The summed E-state index contributed by atoms with van der Waals surface area (Å²) in [7, 11) is 0. The van der Waals surface area contributed by atoms with Crippen LogP contribution in [0.2, 0.25) is 0 Å². The summed E-state index contributed by atoms with van der Waals surface area (Å²) in [4.78, 5) is 23.8. The van der Waals surface area contributed by atoms with E-state index in [-0.39, 0.29) is 18.5 Å². The molecule has 0 aliphatic rings. The molecule has 0 radical (unpaired) electrons. The first-order valence-corrected chi connectivity index (χ1v) is 11.6. The molecule has 2 amide bonds. The van der Waals surface area contributed by atoms with Crippen LogP contribution in [0.25, 0.3) is 0 Å². The van der Waals surface area contributed by atoms with Crippen LogP contribution >= 0.6 is 0 Å². The Kier molecular flexibility index (Phi) is 9.49. The van der Waals surface area contributed by atoms with Crippen molar-refractivity contribution < 1.29 is 23.1 Å². The van der Waals surface area contributed by atoms with Gasteiger partial charge in [0.05, 0.1) is 5.56 Å². The van der Waals surface area contributed by atoms with Gasteiger partial charge in [-0.1, -0.05) is 31.2 Å². The highest BCUT2D eigenvalue weighted by atomic mass is 19.1. The maximum Gasteiger partial charge on any atom is 0.338 e. The van der Waals surface area contributed by atoms with Crippen LogP contribution in [0.15, 0.2) is 66.7 Å². The number of rotatable bonds is 11. The standard InChI is InChI=1S/C27H30F2N4O3/c1-2-17-4-3-5-18(10-17)15-32-16-25(24(30)13-19-11-21(28)14-22(29)12-19)36-26(34)20-6-8-23(9-7-20)33-27(31)35/h3-12,14,24-25,32H,2,13,15-16,30H2,1H3,(H3,31,33,35). The number of primary amides is 1. The zero-order chi connectivity index (χ0) is 26.1. The molecule has 0 aliphatic heterocycles. The van der Waals surface area contributed by atoms with Crippen molar-refractivity contribution in [3.8, 4) is 0 Å². The second-order valence-corrected chi connectivity index (χ2v) is 8.46. The smallest absolute Gasteiger partial charge is 0.338 e. The highest BCUT2D eigenvalue weighted by molar-refractivity contribution is 5.91. The quantitative estimate of drug-likeness (QED) is 0.300. The van der Waals surface area contributed by atoms with Crippen LogP contribution < -0.4 is 22.1 Å². The number of esters is 1. The minimum Gasteiger partial charge on any atom is -0.456 e. The Bertz CT molecular complexity index is 1170. The van der Waals surface area contributed by atoms with Crippen molar-refractivity contribution in [3.63, 3.8) is 0 Å². The molecule has 9 heteroatoms. The monoisotopic (exact) mass is 496 g/mol. The van der Waals surface area contributed by atoms with Gasteiger partial charge in [0, 0.05) is 30.9 Å². The first-order chi connectivity index (χ1) is 17.2. The van der Waals surface area contributed by atoms with E-state index in [0.717, 1.165) is 18.1 Å². The molecule has 0 heterocycles. The summed E-state index contributed by atoms with van der Waals surface area (Å²) in [6, 6.07) is 15.9. The maximum absolute atomic E-state index is 13.7. The van der Waals surface area contributed by atoms with Crippen molar-refractivity contribution in [1.29, 1.82) is 0 Å². The molecule has 3 aromatic rings. The third kappa shape index (κ3) is 8.14. The zero-order valence-electron chi connectivity index (χ0n) is 20.0. The van der Waals surface area contributed by atoms with Crippen LogP contribution in [-0.4, -0.2) is 30.7 Å². The number of halogens is 2. The number of carbonyl (C=O) groups excluding carboxylic acids is 2. The number of hydrogen-bond acceptors (Lipinski definition) is 5. The highest BCUT2D eigenvalue weighted by Crippen LogP contribution is 2.15. The molecule has 2 unspecified atom stereocenters. The molecule has 0 saturated carbocycles. The molecule has 3 rings (SSSR count). The summed E-state index contributed by atoms with van der Waals surface area (Å²) in [6.45, 7) is 2.83. The Morgan fingerprint density at radius 2 is 1.61 bits per heavy atom. The third-order valence-corrected chi connectivity index (χ3v) is 5.59. The molecule has 190 valence electrons. The molecule has 0 bridgehead atoms. The topological polar surface area (TPSA) is 119 Å². The SMILES string of the molecule is CCc1cccc(CNCC(OC(=O)c2ccc(NC(N)=O)cc2)C(N)Cc2cc(F)cc(F)c2)c1. The summed E-state index contributed by atoms with van der Waals surface area (Å²) < 4.78 is 33.0. The number of benzene rings is 3. The normalized spacial score (nSPS) is 12.6. The molecule has 3 aromatic carbocycles. The van der Waals surface area contributed by atoms with Gasteiger partial charge in [0.2, 0.25) is 0 Å². The molecule has 36 heavy (non-hydrogen) atoms. The van der Waals surface area contributed by atoms with Crippen molar-refractivity contribution in [2.75, 3.05) is 11.9 Å². The maximum atomic E-state index is 13.7. The van der Waals surface area contributed by atoms with Gasteiger partial charge in [-0.05, 0) is 65.9 Å². The lowest BCUT2D eigenvalue weighted by atomic mass is 10.0. The second kappa shape index (κ2) is 12.8. The molecule has 6 N–H and O–H groups in total. The Morgan fingerprint density at radius 3 is 2.25 bits per heavy atom. The lowest BCUT2D eigenvalue weighted by Gasteiger charge is -2.25. The minimum atomic E-state index is -0.790. The number of carbonyl (C=O) groups is 2. The van der Waals surface area contributed by atoms with Gasteiger partial charge in [-0.15, -0.1) is 0 Å². The van der Waals surface area contributed by atoms with Crippen LogP contribution in [0, 0.1) is 11.6 Å². The molecule has 2 atom stereocenters. The van der Waals surface area contributed by atoms with Crippen LogP contribution in [0.4, 0.5) is 19.3 Å². The summed E-state index contributed by atoms with van der Waals surface area (Å²) in [6.07, 6.45) is 0.222. The Hall–Kier alpha value is -3.82. The fraction of sp³-hybridized carbons (Fsp3) is 0.259. The minimum absolute atomic E-state index is 0.0983. The van der Waals surface area contributed by atoms with Gasteiger partial charge in [0.1, 0.15) is 17.7 Å². The number of aryl methyl sites for hydroxylation is 1. The predicted molar refractivity (Wildman–Crippen MR) is 134 cm³/mol. The van der Waals surface area contributed by atoms with Gasteiger partial charge in [0.15, 0.2) is 0 Å². The van der Waals surface area contributed by atoms with Crippen molar-refractivity contribution in [3.05, 3.63) is 101 Å². The molecule has 7 nitrogen and oxygen atoms in total. The van der Waals surface area contributed by atoms with Gasteiger partial charge in [-0.25, -0.2) is 18.4 Å². The van der Waals surface area contributed by atoms with E-state index in [0.29, 0.717) is 17.8 Å². The average Bonchev–Trinajstić information content (AvgIpc) is 2.83. The first-order valence-electron chi connectivity index (χ1n) is 11.6. The number of anilines is 1. The highest BCUT2D eigenvalue weighted by Gasteiger charge is 2.24. The Morgan fingerprint density at radius 1 is 0.944 bits per heavy atom. The van der Waals surface area contributed by atoms with E-state index >= 15 is 0 Å². The van der Waals surface area contributed by atoms with Crippen molar-refractivity contribution in [2.24, 2.45) is 11.5 Å². The lowest BCUT2D eigenvalue weighted by molar-refractivity contribution is 0.0238. The van der Waals surface area contributed by atoms with Crippen LogP contribution in [0.3, 0.4) is 0 Å². The van der Waals surface area contributed by atoms with Crippen LogP contribution in [-0.2, 0) is 24.1 Å². The van der Waals surface area contributed by atoms with Gasteiger partial charge < -0.3 is 26.8 Å². The van der Waals surface area contributed by atoms with Gasteiger partial charge in [0.25, 0.3) is 0 Å². The van der Waals surface area contributed by atoms with Gasteiger partial charge in [-0.3, -0.25) is 0 Å². The van der Waals surface area contributed by atoms with E-state index in [2.05, 4.69) is 23.6 Å². The van der Waals surface area contributed by atoms with Crippen molar-refractivity contribution in [2.45, 2.75) is 38.5 Å². The number of nitrogens with one attached hydrogen (secondary N) is 2. The zero-order valence-corrected chi connectivity index (χ0v) is 20.0. The van der Waals surface area contributed by atoms with Gasteiger partial charge >= 0.3 is 12.0 Å². The largest absolute Gasteiger partial charge is 0.456 e. The summed E-state index contributed by atoms with van der Waals surface area (Å²) in [5, 5.41) is 5.68. The van der Waals surface area contributed by atoms with E-state index in [9.17, 15) is 18.4 Å². The molecular weight excluding hydrogens is 466 g/mol. The Balaban J connectivity index is 1.71. The van der Waals surface area contributed by atoms with E-state index in [1.807, 2.05) is 18.2 Å². The molecule has 0 spiro atoms. The fourth-order valence-electron chi connectivity index (χ4n) is 3.77. The van der Waals surface area contributed by atoms with E-state index < -0.39 is 35.8 Å². The fourth-order valence-corrected chi connectivity index (χ4v) is 3.77. The first kappa shape index (κ1) is 26.8. The average molecular weight is 497 g/mol. The molecule has 0 aromatic heterocycles. The van der Waals surface area contributed by atoms with Gasteiger partial charge in [-0.2, -0.15) is 0 Å². The number of nitrogens with two attached hydrogens (primary N) is 2. The third-order valence-electron chi connectivity index (χ3n) is 5.59. The number of ether oxygens (including phenoxy) is 1. The van der Waals surface area contributed by atoms with Crippen LogP contribution in [0.5, 0.6) is 0 Å². The summed E-state index contributed by atoms with van der Waals surface area (Å²) >= 11 is 0. The predicted octanol–water partition coefficient (Wildman–Crippen LogP) is 3.90. The molecule has 0 aliphatic carbocycles. The molecular formula is C27H30F2N4O3. The van der Waals surface area contributed by atoms with E-state index in [4.69, 9.17) is 16.2 Å². The second-order valence-electron chi connectivity index (χ2n) is 8.46. The van der Waals surface area contributed by atoms with Crippen molar-refractivity contribution >= 4 is 17.7 Å². The Labute approximate surface area is 208 Å². The number of amides is 2. The van der Waals surface area contributed by atoms with E-state index in [1.54, 1.807) is 0 Å². The number of urea groups is 1. The molecule has 0 saturated heterocycles. The number of hydrogen-bond donors (Lipinski definition) is 4. The van der Waals surface area contributed by atoms with E-state index in [1.165, 1.54) is 42.0 Å². The lowest BCUT2D eigenvalue weighted by Crippen LogP contribution is -2.46. The van der Waals surface area contributed by atoms with Crippen molar-refractivity contribution in [1.82, 2.24) is 5.32 Å². The van der Waals surface area contributed by atoms with Crippen LogP contribution in [0.1, 0.15) is 34.0 Å². The summed E-state index contributed by atoms with van der Waals surface area (Å²) in [5.41, 5.74) is 14.8. The summed E-state index contributed by atoms with van der Waals surface area (Å²) in [5.74, 6) is -2.03.